The van der Waals surface area contributed by atoms with E-state index in [1.54, 1.807) is 30.6 Å². The van der Waals surface area contributed by atoms with Crippen molar-refractivity contribution in [3.05, 3.63) is 110 Å². The summed E-state index contributed by atoms with van der Waals surface area (Å²) in [5, 5.41) is 4.86. The molecule has 8 heterocycles. The van der Waals surface area contributed by atoms with Crippen molar-refractivity contribution in [3.63, 3.8) is 0 Å². The normalized spacial score (nSPS) is 15.9. The van der Waals surface area contributed by atoms with Crippen LogP contribution in [0.4, 0.5) is 5.69 Å². The highest BCUT2D eigenvalue weighted by Gasteiger charge is 2.42. The standard InChI is InChI=1S/C56H62N6O7/c1-30-40(26-37(57-12)39-29-58-38(28-59-39)33-21-31-22-36-49-47(50(31)67-51(33)63)56(10,11)18-20-62(49)19-17-55(36,8)9)60(13)42-27-41(61(14)48(30)42)44-16-15-43(65-44)35-25-34-45(66-52(35)64)23-32(68-53(2,3)4)24-46(34)69-54(5,6)7/h15-16,21-29,57H,17-20H2,1-14H3/b37-26-. The molecule has 13 heteroatoms. The van der Waals surface area contributed by atoms with Crippen molar-refractivity contribution in [1.82, 2.24) is 24.4 Å². The molecule has 0 atom stereocenters. The number of aromatic nitrogens is 4. The summed E-state index contributed by atoms with van der Waals surface area (Å²) >= 11 is 0. The molecule has 1 N–H and O–H groups in total. The first-order valence-electron chi connectivity index (χ1n) is 23.8. The molecule has 0 saturated carbocycles. The minimum absolute atomic E-state index is 0.00747. The van der Waals surface area contributed by atoms with Gasteiger partial charge >= 0.3 is 11.3 Å². The molecule has 13 nitrogen and oxygen atoms in total. The minimum Gasteiger partial charge on any atom is -0.488 e. The first-order chi connectivity index (χ1) is 32.4. The van der Waals surface area contributed by atoms with Gasteiger partial charge in [-0.3, -0.25) is 9.97 Å². The largest absolute Gasteiger partial charge is 0.488 e. The molecule has 69 heavy (non-hydrogen) atoms. The zero-order valence-electron chi connectivity index (χ0n) is 42.3. The van der Waals surface area contributed by atoms with Crippen molar-refractivity contribution >= 4 is 50.4 Å². The predicted molar refractivity (Wildman–Crippen MR) is 275 cm³/mol. The van der Waals surface area contributed by atoms with E-state index in [9.17, 15) is 9.59 Å². The van der Waals surface area contributed by atoms with Crippen LogP contribution in [0.15, 0.2) is 83.8 Å². The summed E-state index contributed by atoms with van der Waals surface area (Å²) < 4.78 is 35.4. The third-order valence-electron chi connectivity index (χ3n) is 13.9. The van der Waals surface area contributed by atoms with Gasteiger partial charge in [-0.2, -0.15) is 0 Å². The molecule has 0 radical (unpaired) electrons. The van der Waals surface area contributed by atoms with Gasteiger partial charge in [0.05, 0.1) is 51.5 Å². The highest BCUT2D eigenvalue weighted by Crippen LogP contribution is 2.52. The topological polar surface area (TPSA) is 143 Å². The number of hydrogen-bond donors (Lipinski definition) is 1. The van der Waals surface area contributed by atoms with Crippen LogP contribution in [0.2, 0.25) is 0 Å². The van der Waals surface area contributed by atoms with E-state index in [1.165, 1.54) is 11.3 Å². The molecule has 8 aromatic rings. The van der Waals surface area contributed by atoms with Crippen molar-refractivity contribution in [3.8, 4) is 45.5 Å². The van der Waals surface area contributed by atoms with Crippen molar-refractivity contribution in [1.29, 1.82) is 0 Å². The van der Waals surface area contributed by atoms with Gasteiger partial charge in [-0.05, 0) is 126 Å². The average molecular weight is 931 g/mol. The maximum atomic E-state index is 13.8. The lowest BCUT2D eigenvalue weighted by Crippen LogP contribution is -2.44. The lowest BCUT2D eigenvalue weighted by molar-refractivity contribution is 0.122. The molecule has 0 spiro atoms. The quantitative estimate of drug-likeness (QED) is 0.145. The Morgan fingerprint density at radius 2 is 1.48 bits per heavy atom. The maximum absolute atomic E-state index is 13.8. The summed E-state index contributed by atoms with van der Waals surface area (Å²) in [7, 11) is 5.89. The Morgan fingerprint density at radius 3 is 2.14 bits per heavy atom. The van der Waals surface area contributed by atoms with Crippen LogP contribution in [0, 0.1) is 6.92 Å². The number of furan rings is 1. The van der Waals surface area contributed by atoms with Crippen molar-refractivity contribution in [2.24, 2.45) is 14.1 Å². The number of ether oxygens (including phenoxy) is 2. The Bertz CT molecular complexity index is 3540. The summed E-state index contributed by atoms with van der Waals surface area (Å²) in [5.41, 5.74) is 9.99. The second kappa shape index (κ2) is 15.8. The highest BCUT2D eigenvalue weighted by molar-refractivity contribution is 5.94. The van der Waals surface area contributed by atoms with Crippen molar-refractivity contribution in [2.45, 2.75) is 111 Å². The molecule has 0 bridgehead atoms. The second-order valence-electron chi connectivity index (χ2n) is 22.1. The zero-order chi connectivity index (χ0) is 49.3. The van der Waals surface area contributed by atoms with Gasteiger partial charge in [0.2, 0.25) is 0 Å². The summed E-state index contributed by atoms with van der Waals surface area (Å²) in [5.74, 6) is 2.06. The number of fused-ring (bicyclic) bond motifs is 4. The van der Waals surface area contributed by atoms with E-state index < -0.39 is 22.5 Å². The minimum atomic E-state index is -0.534. The third-order valence-corrected chi connectivity index (χ3v) is 13.9. The molecular weight excluding hydrogens is 869 g/mol. The van der Waals surface area contributed by atoms with E-state index in [-0.39, 0.29) is 16.4 Å². The van der Waals surface area contributed by atoms with E-state index in [4.69, 9.17) is 32.7 Å². The van der Waals surface area contributed by atoms with E-state index >= 15 is 0 Å². The molecule has 0 aliphatic carbocycles. The highest BCUT2D eigenvalue weighted by atomic mass is 16.5. The summed E-state index contributed by atoms with van der Waals surface area (Å²) in [4.78, 5) is 39.5. The Labute approximate surface area is 401 Å². The zero-order valence-corrected chi connectivity index (χ0v) is 42.3. The van der Waals surface area contributed by atoms with Gasteiger partial charge in [0.1, 0.15) is 50.9 Å². The van der Waals surface area contributed by atoms with Gasteiger partial charge in [-0.1, -0.05) is 27.7 Å². The monoisotopic (exact) mass is 930 g/mol. The molecule has 0 amide bonds. The molecular formula is C56H62N6O7. The molecule has 10 rings (SSSR count). The smallest absolute Gasteiger partial charge is 0.347 e. The van der Waals surface area contributed by atoms with Crippen LogP contribution in [0.1, 0.15) is 110 Å². The Kier molecular flexibility index (Phi) is 10.4. The number of anilines is 1. The summed E-state index contributed by atoms with van der Waals surface area (Å²) in [6.07, 6.45) is 7.46. The molecule has 2 aliphatic heterocycles. The van der Waals surface area contributed by atoms with E-state index in [0.717, 1.165) is 70.6 Å². The van der Waals surface area contributed by atoms with E-state index in [2.05, 4.69) is 72.2 Å². The van der Waals surface area contributed by atoms with Crippen LogP contribution < -0.4 is 30.9 Å². The molecule has 6 aromatic heterocycles. The predicted octanol–water partition coefficient (Wildman–Crippen LogP) is 11.7. The van der Waals surface area contributed by atoms with Gasteiger partial charge in [0.25, 0.3) is 0 Å². The second-order valence-corrected chi connectivity index (χ2v) is 22.1. The van der Waals surface area contributed by atoms with Gasteiger partial charge in [0, 0.05) is 68.7 Å². The van der Waals surface area contributed by atoms with Crippen LogP contribution in [0.5, 0.6) is 11.5 Å². The van der Waals surface area contributed by atoms with Crippen LogP contribution in [0.25, 0.3) is 78.8 Å². The lowest BCUT2D eigenvalue weighted by atomic mass is 9.69. The number of aryl methyl sites for hydroxylation is 3. The number of benzene rings is 2. The average Bonchev–Trinajstić information content (AvgIpc) is 3.94. The van der Waals surface area contributed by atoms with E-state index in [1.807, 2.05) is 80.9 Å². The third kappa shape index (κ3) is 7.89. The molecule has 358 valence electrons. The van der Waals surface area contributed by atoms with Crippen LogP contribution in [0.3, 0.4) is 0 Å². The number of rotatable bonds is 8. The van der Waals surface area contributed by atoms with Crippen molar-refractivity contribution < 1.29 is 22.7 Å². The Balaban J connectivity index is 0.956. The van der Waals surface area contributed by atoms with Crippen LogP contribution in [-0.4, -0.2) is 50.4 Å². The Hall–Kier alpha value is -7.02. The molecule has 0 saturated heterocycles. The summed E-state index contributed by atoms with van der Waals surface area (Å²) in [6.45, 7) is 25.0. The van der Waals surface area contributed by atoms with Crippen LogP contribution >= 0.6 is 0 Å². The molecule has 0 fully saturated rings. The van der Waals surface area contributed by atoms with Gasteiger partial charge in [-0.25, -0.2) is 9.59 Å². The fraction of sp³-hybridized carbons (Fsp3) is 0.393. The molecule has 2 aliphatic rings. The van der Waals surface area contributed by atoms with Gasteiger partial charge < -0.3 is 42.1 Å². The molecule has 0 unspecified atom stereocenters. The van der Waals surface area contributed by atoms with Gasteiger partial charge in [0.15, 0.2) is 5.76 Å². The SMILES string of the molecule is CN/C(=C\c1c(C)c2c(cc(-c3ccc(-c4cc5c(OC(C)(C)C)cc(OC(C)(C)C)cc5oc4=O)o3)n2C)n1C)c1cnc(-c2cc3cc4c5c(c3oc2=O)C(C)(C)CCN5CCC4(C)C)cn1. The Morgan fingerprint density at radius 1 is 0.783 bits per heavy atom. The van der Waals surface area contributed by atoms with E-state index in [0.29, 0.717) is 56.5 Å². The van der Waals surface area contributed by atoms with Gasteiger partial charge in [-0.15, -0.1) is 0 Å². The number of nitrogens with one attached hydrogen (secondary N) is 1. The lowest BCUT2D eigenvalue weighted by Gasteiger charge is -2.48. The fourth-order valence-electron chi connectivity index (χ4n) is 10.4. The summed E-state index contributed by atoms with van der Waals surface area (Å²) in [6, 6.07) is 15.2. The van der Waals surface area contributed by atoms with Crippen LogP contribution in [-0.2, 0) is 24.9 Å². The van der Waals surface area contributed by atoms with Crippen molar-refractivity contribution in [2.75, 3.05) is 25.0 Å². The molecule has 2 aromatic carbocycles. The number of hydrogen-bond acceptors (Lipinski definition) is 11. The maximum Gasteiger partial charge on any atom is 0.347 e. The first kappa shape index (κ1) is 45.7. The number of nitrogens with zero attached hydrogens (tertiary/aromatic N) is 5. The first-order valence-corrected chi connectivity index (χ1v) is 23.8. The fourth-order valence-corrected chi connectivity index (χ4v) is 10.4.